The second-order valence-corrected chi connectivity index (χ2v) is 15.5. The maximum atomic E-state index is 12.9. The van der Waals surface area contributed by atoms with Crippen LogP contribution < -0.4 is 25.4 Å². The molecule has 0 unspecified atom stereocenters. The smallest absolute Gasteiger partial charge is 0.422 e. The molecule has 0 radical (unpaired) electrons. The van der Waals surface area contributed by atoms with Gasteiger partial charge in [0.15, 0.2) is 6.61 Å². The Hall–Kier alpha value is -4.18. The molecule has 1 heterocycles. The van der Waals surface area contributed by atoms with Gasteiger partial charge in [0, 0.05) is 22.8 Å². The Bertz CT molecular complexity index is 1800. The number of ether oxygens (including phenoxy) is 1. The SMILES string of the molecule is CCCC1(S(=O)(=O)NC(=O)C(C)(C)CNC(=O)c2ccc(Nc3nc(NC4(c5ccc(Cl)cc5)CC4)nc(OCC(F)(F)F)n3)cc2)CC1. The molecule has 2 aliphatic carbocycles. The molecule has 2 aliphatic rings. The van der Waals surface area contributed by atoms with E-state index in [-0.39, 0.29) is 24.0 Å². The number of halogens is 4. The van der Waals surface area contributed by atoms with Crippen LogP contribution in [0.5, 0.6) is 6.01 Å². The normalized spacial score (nSPS) is 16.3. The lowest BCUT2D eigenvalue weighted by Gasteiger charge is -2.25. The Balaban J connectivity index is 1.23. The molecule has 0 aliphatic heterocycles. The van der Waals surface area contributed by atoms with E-state index in [1.165, 1.54) is 38.1 Å². The molecule has 0 saturated heterocycles. The van der Waals surface area contributed by atoms with Gasteiger partial charge in [0.2, 0.25) is 27.8 Å². The zero-order valence-electron chi connectivity index (χ0n) is 27.1. The van der Waals surface area contributed by atoms with Gasteiger partial charge >= 0.3 is 12.2 Å². The molecule has 17 heteroatoms. The first-order valence-corrected chi connectivity index (χ1v) is 17.5. The summed E-state index contributed by atoms with van der Waals surface area (Å²) < 4.78 is 70.5. The maximum absolute atomic E-state index is 12.9. The molecule has 0 bridgehead atoms. The van der Waals surface area contributed by atoms with Crippen molar-refractivity contribution in [2.45, 2.75) is 75.8 Å². The van der Waals surface area contributed by atoms with Crippen molar-refractivity contribution in [1.29, 1.82) is 0 Å². The summed E-state index contributed by atoms with van der Waals surface area (Å²) in [4.78, 5) is 38.1. The van der Waals surface area contributed by atoms with Gasteiger partial charge in [-0.1, -0.05) is 37.1 Å². The third-order valence-electron chi connectivity index (χ3n) is 8.50. The van der Waals surface area contributed by atoms with Crippen molar-refractivity contribution < 1.29 is 35.9 Å². The summed E-state index contributed by atoms with van der Waals surface area (Å²) in [6, 6.07) is 12.7. The number of sulfonamides is 1. The molecule has 1 aromatic heterocycles. The van der Waals surface area contributed by atoms with Crippen LogP contribution in [0.4, 0.5) is 30.8 Å². The average molecular weight is 724 g/mol. The van der Waals surface area contributed by atoms with Crippen molar-refractivity contribution >= 4 is 51.0 Å². The largest absolute Gasteiger partial charge is 0.454 e. The molecular weight excluding hydrogens is 687 g/mol. The van der Waals surface area contributed by atoms with E-state index in [2.05, 4.69) is 35.6 Å². The van der Waals surface area contributed by atoms with Gasteiger partial charge in [-0.3, -0.25) is 14.3 Å². The molecule has 0 spiro atoms. The summed E-state index contributed by atoms with van der Waals surface area (Å²) in [7, 11) is -3.85. The molecule has 2 aromatic carbocycles. The standard InChI is InChI=1S/C32H37ClF3N7O5S/c1-4-13-30(14-15-30)49(46,47)43-25(45)29(2,3)18-37-24(44)20-5-11-23(12-6-20)38-26-39-27(41-28(40-26)48-19-32(34,35)36)42-31(16-17-31)21-7-9-22(33)10-8-21/h5-12H,4,13-19H2,1-3H3,(H,37,44)(H,43,45)(H2,38,39,40,41,42). The predicted octanol–water partition coefficient (Wildman–Crippen LogP) is 5.85. The van der Waals surface area contributed by atoms with Crippen molar-refractivity contribution in [3.8, 4) is 6.01 Å². The van der Waals surface area contributed by atoms with Crippen molar-refractivity contribution in [3.63, 3.8) is 0 Å². The molecular formula is C32H37ClF3N7O5S. The predicted molar refractivity (Wildman–Crippen MR) is 177 cm³/mol. The molecule has 2 fully saturated rings. The van der Waals surface area contributed by atoms with Crippen LogP contribution in [0.2, 0.25) is 5.02 Å². The summed E-state index contributed by atoms with van der Waals surface area (Å²) in [6.07, 6.45) is -0.988. The molecule has 12 nitrogen and oxygen atoms in total. The van der Waals surface area contributed by atoms with Crippen molar-refractivity contribution in [1.82, 2.24) is 25.0 Å². The fourth-order valence-electron chi connectivity index (χ4n) is 5.21. The molecule has 0 atom stereocenters. The van der Waals surface area contributed by atoms with E-state index in [4.69, 9.17) is 16.3 Å². The summed E-state index contributed by atoms with van der Waals surface area (Å²) in [5.41, 5.74) is -0.209. The minimum Gasteiger partial charge on any atom is -0.454 e. The van der Waals surface area contributed by atoms with Gasteiger partial charge in [0.1, 0.15) is 0 Å². The monoisotopic (exact) mass is 723 g/mol. The second-order valence-electron chi connectivity index (χ2n) is 13.0. The molecule has 264 valence electrons. The van der Waals surface area contributed by atoms with Crippen LogP contribution in [-0.4, -0.2) is 59.3 Å². The highest BCUT2D eigenvalue weighted by molar-refractivity contribution is 7.91. The number of anilines is 3. The maximum Gasteiger partial charge on any atom is 0.422 e. The van der Waals surface area contributed by atoms with Crippen LogP contribution in [0.25, 0.3) is 0 Å². The average Bonchev–Trinajstić information content (AvgIpc) is 3.97. The quantitative estimate of drug-likeness (QED) is 0.150. The summed E-state index contributed by atoms with van der Waals surface area (Å²) in [5, 5.41) is 9.32. The molecule has 5 rings (SSSR count). The van der Waals surface area contributed by atoms with Crippen LogP contribution in [0.1, 0.15) is 75.2 Å². The number of alkyl halides is 3. The minimum absolute atomic E-state index is 0.00441. The summed E-state index contributed by atoms with van der Waals surface area (Å²) in [5.74, 6) is -1.32. The van der Waals surface area contributed by atoms with E-state index in [1.807, 2.05) is 19.1 Å². The van der Waals surface area contributed by atoms with Gasteiger partial charge in [-0.2, -0.15) is 28.1 Å². The first kappa shape index (κ1) is 36.1. The van der Waals surface area contributed by atoms with E-state index in [0.717, 1.165) is 18.4 Å². The number of nitrogens with one attached hydrogen (secondary N) is 4. The third kappa shape index (κ3) is 8.90. The number of carbonyl (C=O) groups excluding carboxylic acids is 2. The number of benzene rings is 2. The van der Waals surface area contributed by atoms with Crippen LogP contribution in [0, 0.1) is 5.41 Å². The second kappa shape index (κ2) is 13.6. The van der Waals surface area contributed by atoms with Gasteiger partial charge in [-0.25, -0.2) is 8.42 Å². The molecule has 2 amide bonds. The van der Waals surface area contributed by atoms with Crippen molar-refractivity contribution in [3.05, 3.63) is 64.7 Å². The highest BCUT2D eigenvalue weighted by Gasteiger charge is 2.55. The Labute approximate surface area is 287 Å². The summed E-state index contributed by atoms with van der Waals surface area (Å²) in [6.45, 7) is 3.23. The third-order valence-corrected chi connectivity index (χ3v) is 11.0. The van der Waals surface area contributed by atoms with E-state index in [1.54, 1.807) is 12.1 Å². The Morgan fingerprint density at radius 2 is 1.57 bits per heavy atom. The van der Waals surface area contributed by atoms with Gasteiger partial charge in [-0.15, -0.1) is 0 Å². The van der Waals surface area contributed by atoms with Gasteiger partial charge in [0.05, 0.1) is 15.7 Å². The lowest BCUT2D eigenvalue weighted by molar-refractivity contribution is -0.154. The van der Waals surface area contributed by atoms with E-state index < -0.39 is 56.3 Å². The topological polar surface area (TPSA) is 164 Å². The van der Waals surface area contributed by atoms with Gasteiger partial charge in [-0.05, 0) is 87.9 Å². The highest BCUT2D eigenvalue weighted by Crippen LogP contribution is 2.48. The first-order valence-electron chi connectivity index (χ1n) is 15.7. The lowest BCUT2D eigenvalue weighted by atomic mass is 9.92. The molecule has 3 aromatic rings. The Morgan fingerprint density at radius 3 is 2.14 bits per heavy atom. The van der Waals surface area contributed by atoms with Crippen molar-refractivity contribution in [2.24, 2.45) is 5.41 Å². The molecule has 49 heavy (non-hydrogen) atoms. The zero-order chi connectivity index (χ0) is 35.7. The van der Waals surface area contributed by atoms with Crippen LogP contribution in [-0.2, 0) is 20.4 Å². The highest BCUT2D eigenvalue weighted by atomic mass is 35.5. The molecule has 2 saturated carbocycles. The van der Waals surface area contributed by atoms with Crippen molar-refractivity contribution in [2.75, 3.05) is 23.8 Å². The van der Waals surface area contributed by atoms with Crippen LogP contribution in [0.15, 0.2) is 48.5 Å². The van der Waals surface area contributed by atoms with Crippen LogP contribution >= 0.6 is 11.6 Å². The fraction of sp³-hybridized carbons (Fsp3) is 0.469. The minimum atomic E-state index is -4.62. The summed E-state index contributed by atoms with van der Waals surface area (Å²) >= 11 is 6.02. The number of nitrogens with zero attached hydrogens (tertiary/aromatic N) is 3. The molecule has 4 N–H and O–H groups in total. The van der Waals surface area contributed by atoms with E-state index >= 15 is 0 Å². The van der Waals surface area contributed by atoms with Gasteiger partial charge in [0.25, 0.3) is 5.91 Å². The number of hydrogen-bond acceptors (Lipinski definition) is 10. The number of hydrogen-bond donors (Lipinski definition) is 4. The zero-order valence-corrected chi connectivity index (χ0v) is 28.7. The fourth-order valence-corrected chi connectivity index (χ4v) is 7.18. The van der Waals surface area contributed by atoms with Gasteiger partial charge < -0.3 is 20.7 Å². The number of amides is 2. The lowest BCUT2D eigenvalue weighted by Crippen LogP contribution is -2.49. The number of carbonyl (C=O) groups is 2. The Kier molecular flexibility index (Phi) is 10.0. The first-order chi connectivity index (χ1) is 22.9. The van der Waals surface area contributed by atoms with Crippen LogP contribution in [0.3, 0.4) is 0 Å². The van der Waals surface area contributed by atoms with E-state index in [9.17, 15) is 31.2 Å². The number of aromatic nitrogens is 3. The van der Waals surface area contributed by atoms with E-state index in [0.29, 0.717) is 36.4 Å². The Morgan fingerprint density at radius 1 is 0.939 bits per heavy atom. The number of rotatable bonds is 15.